The molecule has 0 saturated carbocycles. The second-order valence-corrected chi connectivity index (χ2v) is 5.80. The van der Waals surface area contributed by atoms with Crippen molar-refractivity contribution in [2.24, 2.45) is 0 Å². The summed E-state index contributed by atoms with van der Waals surface area (Å²) < 4.78 is 39.8. The van der Waals surface area contributed by atoms with E-state index in [0.29, 0.717) is 0 Å². The van der Waals surface area contributed by atoms with E-state index in [1.807, 2.05) is 0 Å². The van der Waals surface area contributed by atoms with Crippen molar-refractivity contribution in [3.8, 4) is 5.75 Å². The SMILES string of the molecule is CS(=O)(=O)CCOc1cc(B(O)O)ccc1F. The smallest absolute Gasteiger partial charge is 0.488 e. The molecular formula is C9H12BFO5S. The third kappa shape index (κ3) is 4.72. The molecule has 1 aromatic carbocycles. The maximum Gasteiger partial charge on any atom is 0.488 e. The van der Waals surface area contributed by atoms with Crippen LogP contribution in [-0.4, -0.2) is 44.2 Å². The third-order valence-electron chi connectivity index (χ3n) is 1.97. The monoisotopic (exact) mass is 262 g/mol. The van der Waals surface area contributed by atoms with E-state index in [0.717, 1.165) is 18.4 Å². The molecule has 0 radical (unpaired) electrons. The zero-order chi connectivity index (χ0) is 13.1. The summed E-state index contributed by atoms with van der Waals surface area (Å²) >= 11 is 0. The van der Waals surface area contributed by atoms with Crippen LogP contribution in [0.4, 0.5) is 4.39 Å². The van der Waals surface area contributed by atoms with Gasteiger partial charge in [0, 0.05) is 6.26 Å². The van der Waals surface area contributed by atoms with Gasteiger partial charge in [-0.25, -0.2) is 12.8 Å². The summed E-state index contributed by atoms with van der Waals surface area (Å²) in [6.07, 6.45) is 1.04. The van der Waals surface area contributed by atoms with Gasteiger partial charge in [-0.2, -0.15) is 0 Å². The van der Waals surface area contributed by atoms with Crippen molar-refractivity contribution in [3.05, 3.63) is 24.0 Å². The molecule has 17 heavy (non-hydrogen) atoms. The lowest BCUT2D eigenvalue weighted by atomic mass is 9.80. The van der Waals surface area contributed by atoms with E-state index in [2.05, 4.69) is 0 Å². The minimum absolute atomic E-state index is 0.0701. The number of ether oxygens (including phenoxy) is 1. The van der Waals surface area contributed by atoms with Crippen molar-refractivity contribution < 1.29 is 27.6 Å². The molecule has 0 atom stereocenters. The van der Waals surface area contributed by atoms with Gasteiger partial charge in [-0.05, 0) is 17.6 Å². The molecular weight excluding hydrogens is 250 g/mol. The van der Waals surface area contributed by atoms with Gasteiger partial charge in [0.1, 0.15) is 6.61 Å². The van der Waals surface area contributed by atoms with Gasteiger partial charge in [0.2, 0.25) is 0 Å². The minimum Gasteiger partial charge on any atom is -0.489 e. The number of hydrogen-bond donors (Lipinski definition) is 2. The molecule has 0 bridgehead atoms. The zero-order valence-electron chi connectivity index (χ0n) is 9.13. The molecule has 0 aliphatic rings. The number of hydrogen-bond acceptors (Lipinski definition) is 5. The highest BCUT2D eigenvalue weighted by Crippen LogP contribution is 2.14. The number of halogens is 1. The molecule has 0 spiro atoms. The van der Waals surface area contributed by atoms with Crippen LogP contribution in [0.5, 0.6) is 5.75 Å². The number of sulfone groups is 1. The lowest BCUT2D eigenvalue weighted by molar-refractivity contribution is 0.322. The zero-order valence-corrected chi connectivity index (χ0v) is 9.95. The van der Waals surface area contributed by atoms with Gasteiger partial charge in [0.15, 0.2) is 21.4 Å². The normalized spacial score (nSPS) is 11.3. The Kier molecular flexibility index (Phi) is 4.50. The average Bonchev–Trinajstić information content (AvgIpc) is 2.18. The topological polar surface area (TPSA) is 83.8 Å². The molecule has 0 aliphatic heterocycles. The van der Waals surface area contributed by atoms with Crippen molar-refractivity contribution >= 4 is 22.4 Å². The maximum atomic E-state index is 13.2. The summed E-state index contributed by atoms with van der Waals surface area (Å²) in [5.41, 5.74) is 0.0701. The van der Waals surface area contributed by atoms with Gasteiger partial charge in [0.25, 0.3) is 0 Å². The predicted molar refractivity (Wildman–Crippen MR) is 61.4 cm³/mol. The first-order chi connectivity index (χ1) is 7.79. The summed E-state index contributed by atoms with van der Waals surface area (Å²) in [7, 11) is -4.91. The molecule has 8 heteroatoms. The molecule has 0 unspecified atom stereocenters. The van der Waals surface area contributed by atoms with Crippen LogP contribution in [0.1, 0.15) is 0 Å². The van der Waals surface area contributed by atoms with Crippen LogP contribution in [0.25, 0.3) is 0 Å². The predicted octanol–water partition coefficient (Wildman–Crippen LogP) is -1.07. The van der Waals surface area contributed by atoms with Crippen molar-refractivity contribution in [3.63, 3.8) is 0 Å². The van der Waals surface area contributed by atoms with Crippen LogP contribution in [0.2, 0.25) is 0 Å². The van der Waals surface area contributed by atoms with Crippen LogP contribution in [0.3, 0.4) is 0 Å². The van der Waals surface area contributed by atoms with Crippen LogP contribution in [0, 0.1) is 5.82 Å². The first-order valence-corrected chi connectivity index (χ1v) is 6.82. The lowest BCUT2D eigenvalue weighted by Crippen LogP contribution is -2.30. The van der Waals surface area contributed by atoms with Gasteiger partial charge in [-0.15, -0.1) is 0 Å². The summed E-state index contributed by atoms with van der Waals surface area (Å²) in [6, 6.07) is 3.33. The van der Waals surface area contributed by atoms with E-state index in [4.69, 9.17) is 14.8 Å². The third-order valence-corrected chi connectivity index (χ3v) is 2.87. The number of rotatable bonds is 5. The summed E-state index contributed by atoms with van der Waals surface area (Å²) in [5, 5.41) is 17.8. The molecule has 0 aliphatic carbocycles. The Labute approximate surface area is 98.9 Å². The highest BCUT2D eigenvalue weighted by molar-refractivity contribution is 7.90. The Hall–Kier alpha value is -1.12. The van der Waals surface area contributed by atoms with Crippen molar-refractivity contribution in [2.45, 2.75) is 0 Å². The summed E-state index contributed by atoms with van der Waals surface area (Å²) in [4.78, 5) is 0. The summed E-state index contributed by atoms with van der Waals surface area (Å²) in [6.45, 7) is -0.194. The van der Waals surface area contributed by atoms with E-state index in [9.17, 15) is 12.8 Å². The fourth-order valence-corrected chi connectivity index (χ4v) is 1.48. The second-order valence-electron chi connectivity index (χ2n) is 3.54. The molecule has 0 heterocycles. The van der Waals surface area contributed by atoms with Crippen LogP contribution >= 0.6 is 0 Å². The Bertz CT molecular complexity index is 488. The van der Waals surface area contributed by atoms with E-state index < -0.39 is 22.8 Å². The Balaban J connectivity index is 2.73. The molecule has 94 valence electrons. The van der Waals surface area contributed by atoms with Gasteiger partial charge in [-0.3, -0.25) is 0 Å². The van der Waals surface area contributed by atoms with Crippen molar-refractivity contribution in [1.82, 2.24) is 0 Å². The van der Waals surface area contributed by atoms with Gasteiger partial charge in [-0.1, -0.05) is 6.07 Å². The van der Waals surface area contributed by atoms with Crippen LogP contribution < -0.4 is 10.2 Å². The Morgan fingerprint density at radius 1 is 1.41 bits per heavy atom. The van der Waals surface area contributed by atoms with E-state index in [-0.39, 0.29) is 23.6 Å². The molecule has 0 saturated heterocycles. The standard InChI is InChI=1S/C9H12BFO5S/c1-17(14,15)5-4-16-9-6-7(10(12)13)2-3-8(9)11/h2-3,6,12-13H,4-5H2,1H3. The second kappa shape index (κ2) is 5.48. The molecule has 0 aromatic heterocycles. The molecule has 0 amide bonds. The average molecular weight is 262 g/mol. The van der Waals surface area contributed by atoms with Crippen LogP contribution in [-0.2, 0) is 9.84 Å². The Morgan fingerprint density at radius 3 is 2.59 bits per heavy atom. The molecule has 1 rings (SSSR count). The minimum atomic E-state index is -3.18. The highest BCUT2D eigenvalue weighted by Gasteiger charge is 2.14. The molecule has 5 nitrogen and oxygen atoms in total. The fourth-order valence-electron chi connectivity index (χ4n) is 1.09. The maximum absolute atomic E-state index is 13.2. The van der Waals surface area contributed by atoms with Crippen molar-refractivity contribution in [1.29, 1.82) is 0 Å². The molecule has 1 aromatic rings. The van der Waals surface area contributed by atoms with Crippen molar-refractivity contribution in [2.75, 3.05) is 18.6 Å². The van der Waals surface area contributed by atoms with E-state index >= 15 is 0 Å². The largest absolute Gasteiger partial charge is 0.489 e. The molecule has 0 fully saturated rings. The van der Waals surface area contributed by atoms with E-state index in [1.54, 1.807) is 0 Å². The number of benzene rings is 1. The van der Waals surface area contributed by atoms with E-state index in [1.165, 1.54) is 6.07 Å². The Morgan fingerprint density at radius 2 is 2.06 bits per heavy atom. The van der Waals surface area contributed by atoms with Gasteiger partial charge in [0.05, 0.1) is 5.75 Å². The first kappa shape index (κ1) is 13.9. The lowest BCUT2D eigenvalue weighted by Gasteiger charge is -2.08. The molecule has 2 N–H and O–H groups in total. The first-order valence-electron chi connectivity index (χ1n) is 4.76. The fraction of sp³-hybridized carbons (Fsp3) is 0.333. The van der Waals surface area contributed by atoms with Crippen LogP contribution in [0.15, 0.2) is 18.2 Å². The van der Waals surface area contributed by atoms with Gasteiger partial charge < -0.3 is 14.8 Å². The van der Waals surface area contributed by atoms with Gasteiger partial charge >= 0.3 is 7.12 Å². The highest BCUT2D eigenvalue weighted by atomic mass is 32.2. The summed E-state index contributed by atoms with van der Waals surface area (Å²) in [5.74, 6) is -1.14. The quantitative estimate of drug-likeness (QED) is 0.660.